The maximum absolute atomic E-state index is 13.6. The van der Waals surface area contributed by atoms with Crippen LogP contribution in [0.25, 0.3) is 0 Å². The van der Waals surface area contributed by atoms with Crippen molar-refractivity contribution in [2.24, 2.45) is 27.9 Å². The summed E-state index contributed by atoms with van der Waals surface area (Å²) in [4.78, 5) is 94.3. The van der Waals surface area contributed by atoms with Gasteiger partial charge in [0.2, 0.25) is 29.5 Å². The van der Waals surface area contributed by atoms with Crippen LogP contribution in [0, 0.1) is 0 Å². The predicted octanol–water partition coefficient (Wildman–Crippen LogP) is -8.20. The number of amides is 8. The first-order valence-corrected chi connectivity index (χ1v) is 14.6. The SMILES string of the molecule is NCCCC[C@H](N)C(=O)N[C@@H]1CNC(=O)[C@H]([C@H]2CCN=C(N)N2)NC(=O)/C(=C/NC(N)=O)NC(=O)[C@H](CO)NC(=O)[C@H](CO)NC1=O. The molecule has 22 heteroatoms. The molecule has 2 aliphatic rings. The number of carbonyl (C=O) groups excluding carboxylic acids is 7. The van der Waals surface area contributed by atoms with E-state index >= 15 is 0 Å². The summed E-state index contributed by atoms with van der Waals surface area (Å²) in [6, 6.07) is -9.54. The van der Waals surface area contributed by atoms with Crippen LogP contribution >= 0.6 is 0 Å². The van der Waals surface area contributed by atoms with Crippen LogP contribution in [0.2, 0.25) is 0 Å². The highest BCUT2D eigenvalue weighted by Gasteiger charge is 2.36. The fourth-order valence-corrected chi connectivity index (χ4v) is 4.34. The lowest BCUT2D eigenvalue weighted by Crippen LogP contribution is -2.64. The monoisotopic (exact) mass is 669 g/mol. The van der Waals surface area contributed by atoms with Crippen molar-refractivity contribution in [3.8, 4) is 0 Å². The van der Waals surface area contributed by atoms with Gasteiger partial charge in [-0.2, -0.15) is 0 Å². The highest BCUT2D eigenvalue weighted by molar-refractivity contribution is 6.02. The van der Waals surface area contributed by atoms with Crippen LogP contribution in [-0.4, -0.2) is 127 Å². The van der Waals surface area contributed by atoms with E-state index in [1.807, 2.05) is 5.32 Å². The molecule has 0 spiro atoms. The van der Waals surface area contributed by atoms with Gasteiger partial charge in [0, 0.05) is 19.3 Å². The Morgan fingerprint density at radius 2 is 1.62 bits per heavy atom. The minimum atomic E-state index is -1.75. The van der Waals surface area contributed by atoms with Gasteiger partial charge in [-0.3, -0.25) is 33.8 Å². The number of guanidine groups is 1. The second-order valence-electron chi connectivity index (χ2n) is 10.5. The summed E-state index contributed by atoms with van der Waals surface area (Å²) >= 11 is 0. The van der Waals surface area contributed by atoms with Gasteiger partial charge in [-0.15, -0.1) is 0 Å². The Hall–Kier alpha value is -5.06. The van der Waals surface area contributed by atoms with Crippen molar-refractivity contribution >= 4 is 47.4 Å². The van der Waals surface area contributed by atoms with Crippen LogP contribution in [0.4, 0.5) is 4.79 Å². The molecule has 0 aromatic rings. The van der Waals surface area contributed by atoms with Crippen LogP contribution in [-0.2, 0) is 28.8 Å². The molecule has 0 aromatic carbocycles. The maximum atomic E-state index is 13.6. The summed E-state index contributed by atoms with van der Waals surface area (Å²) in [5, 5.41) is 38.1. The normalized spacial score (nSPS) is 26.3. The van der Waals surface area contributed by atoms with Crippen molar-refractivity contribution in [3.05, 3.63) is 11.9 Å². The molecule has 2 aliphatic heterocycles. The van der Waals surface area contributed by atoms with E-state index in [0.29, 0.717) is 25.6 Å². The molecular formula is C25H43N13O9. The third-order valence-electron chi connectivity index (χ3n) is 6.94. The molecule has 22 nitrogen and oxygen atoms in total. The molecule has 262 valence electrons. The number of nitrogens with two attached hydrogens (primary N) is 4. The van der Waals surface area contributed by atoms with Crippen LogP contribution < -0.4 is 65.5 Å². The van der Waals surface area contributed by atoms with Crippen molar-refractivity contribution in [2.75, 3.05) is 32.8 Å². The maximum Gasteiger partial charge on any atom is 0.316 e. The lowest BCUT2D eigenvalue weighted by Gasteiger charge is -2.31. The van der Waals surface area contributed by atoms with Gasteiger partial charge in [-0.05, 0) is 25.8 Å². The molecule has 0 bridgehead atoms. The Labute approximate surface area is 268 Å². The number of unbranched alkanes of at least 4 members (excludes halogenated alkanes) is 1. The van der Waals surface area contributed by atoms with Crippen molar-refractivity contribution in [3.63, 3.8) is 0 Å². The van der Waals surface area contributed by atoms with Crippen molar-refractivity contribution in [1.29, 1.82) is 0 Å². The molecule has 0 unspecified atom stereocenters. The first-order chi connectivity index (χ1) is 22.3. The molecule has 2 heterocycles. The topological polar surface area (TPSA) is 373 Å². The highest BCUT2D eigenvalue weighted by atomic mass is 16.3. The second-order valence-corrected chi connectivity index (χ2v) is 10.5. The lowest BCUT2D eigenvalue weighted by molar-refractivity contribution is -0.135. The van der Waals surface area contributed by atoms with Crippen molar-refractivity contribution in [1.82, 2.24) is 42.5 Å². The van der Waals surface area contributed by atoms with E-state index in [9.17, 15) is 43.8 Å². The van der Waals surface area contributed by atoms with E-state index in [1.54, 1.807) is 0 Å². The third kappa shape index (κ3) is 12.0. The molecule has 0 radical (unpaired) electrons. The van der Waals surface area contributed by atoms with Crippen LogP contribution in [0.5, 0.6) is 0 Å². The van der Waals surface area contributed by atoms with E-state index < -0.39 is 103 Å². The van der Waals surface area contributed by atoms with E-state index in [2.05, 4.69) is 42.2 Å². The smallest absolute Gasteiger partial charge is 0.316 e. The van der Waals surface area contributed by atoms with Crippen LogP contribution in [0.15, 0.2) is 16.9 Å². The first kappa shape index (κ1) is 38.1. The zero-order valence-corrected chi connectivity index (χ0v) is 25.4. The molecule has 1 fully saturated rings. The van der Waals surface area contributed by atoms with E-state index in [1.165, 1.54) is 0 Å². The molecule has 18 N–H and O–H groups in total. The summed E-state index contributed by atoms with van der Waals surface area (Å²) in [7, 11) is 0. The van der Waals surface area contributed by atoms with Crippen molar-refractivity contribution < 1.29 is 43.8 Å². The standard InChI is InChI=1S/C25H43N13O9/c26-5-2-1-3-11(27)18(41)33-13-7-31-23(46)17(12-4-6-30-24(28)37-12)38-20(43)14(8-32-25(29)47)34-21(44)15(9-39)36-22(45)16(10-40)35-19(13)42/h8,11-13,15-17,39-40H,1-7,9-10,26-27H2,(H,31,46)(H,33,41)(H,34,44)(H,35,42)(H,36,45)(H,38,43)(H3,28,30,37)(H3,29,32,47)/b14-8-/t11-,12+,13+,15-,16-,17-/m0/s1. The Morgan fingerprint density at radius 1 is 0.957 bits per heavy atom. The van der Waals surface area contributed by atoms with E-state index in [0.717, 1.165) is 0 Å². The largest absolute Gasteiger partial charge is 0.394 e. The lowest BCUT2D eigenvalue weighted by atomic mass is 10.0. The van der Waals surface area contributed by atoms with Crippen LogP contribution in [0.1, 0.15) is 25.7 Å². The quantitative estimate of drug-likeness (QED) is 0.0760. The van der Waals surface area contributed by atoms with Gasteiger partial charge in [0.15, 0.2) is 5.96 Å². The number of hydrogen-bond acceptors (Lipinski definition) is 14. The number of carbonyl (C=O) groups is 7. The Kier molecular flexibility index (Phi) is 15.2. The Balaban J connectivity index is 2.52. The number of nitrogens with one attached hydrogen (secondary N) is 8. The molecule has 0 aliphatic carbocycles. The Bertz CT molecular complexity index is 1240. The zero-order chi connectivity index (χ0) is 35.1. The average Bonchev–Trinajstić information content (AvgIpc) is 3.03. The number of hydrogen-bond donors (Lipinski definition) is 14. The number of rotatable bonds is 10. The zero-order valence-electron chi connectivity index (χ0n) is 25.4. The number of aliphatic hydroxyl groups is 2. The second kappa shape index (κ2) is 18.8. The number of urea groups is 1. The van der Waals surface area contributed by atoms with Crippen molar-refractivity contribution in [2.45, 2.75) is 61.9 Å². The highest BCUT2D eigenvalue weighted by Crippen LogP contribution is 2.07. The summed E-state index contributed by atoms with van der Waals surface area (Å²) in [5.74, 6) is -6.19. The van der Waals surface area contributed by atoms with Gasteiger partial charge in [-0.1, -0.05) is 6.42 Å². The molecule has 2 rings (SSSR count). The summed E-state index contributed by atoms with van der Waals surface area (Å²) in [6.07, 6.45) is 2.22. The summed E-state index contributed by atoms with van der Waals surface area (Å²) < 4.78 is 0. The average molecular weight is 670 g/mol. The molecule has 8 amide bonds. The number of nitrogens with zero attached hydrogens (tertiary/aromatic N) is 1. The molecular weight excluding hydrogens is 626 g/mol. The minimum absolute atomic E-state index is 0.0420. The van der Waals surface area contributed by atoms with Gasteiger partial charge in [-0.25, -0.2) is 4.79 Å². The first-order valence-electron chi connectivity index (χ1n) is 14.6. The number of primary amides is 1. The molecule has 0 saturated carbocycles. The molecule has 0 aromatic heterocycles. The minimum Gasteiger partial charge on any atom is -0.394 e. The fraction of sp³-hybridized carbons (Fsp3) is 0.600. The number of aliphatic imine (C=N–C) groups is 1. The van der Waals surface area contributed by atoms with Crippen LogP contribution in [0.3, 0.4) is 0 Å². The predicted molar refractivity (Wildman–Crippen MR) is 163 cm³/mol. The summed E-state index contributed by atoms with van der Waals surface area (Å²) in [5.41, 5.74) is 21.6. The van der Waals surface area contributed by atoms with E-state index in [4.69, 9.17) is 22.9 Å². The fourth-order valence-electron chi connectivity index (χ4n) is 4.34. The molecule has 6 atom stereocenters. The van der Waals surface area contributed by atoms with Gasteiger partial charge >= 0.3 is 6.03 Å². The van der Waals surface area contributed by atoms with Gasteiger partial charge in [0.25, 0.3) is 5.91 Å². The van der Waals surface area contributed by atoms with Gasteiger partial charge < -0.3 is 75.7 Å². The van der Waals surface area contributed by atoms with Gasteiger partial charge in [0.1, 0.15) is 29.9 Å². The van der Waals surface area contributed by atoms with Gasteiger partial charge in [0.05, 0.1) is 25.3 Å². The number of aliphatic hydroxyl groups excluding tert-OH is 2. The third-order valence-corrected chi connectivity index (χ3v) is 6.94. The molecule has 47 heavy (non-hydrogen) atoms. The van der Waals surface area contributed by atoms with E-state index in [-0.39, 0.29) is 25.3 Å². The Morgan fingerprint density at radius 3 is 2.23 bits per heavy atom. The summed E-state index contributed by atoms with van der Waals surface area (Å²) in [6.45, 7) is -2.06. The molecule has 1 saturated heterocycles.